The maximum absolute atomic E-state index is 6.51. The Labute approximate surface area is 250 Å². The number of fused-ring (bicyclic) bond motifs is 10. The number of nitrogens with zero attached hydrogens (tertiary/aromatic N) is 1. The quantitative estimate of drug-likeness (QED) is 0.217. The van der Waals surface area contributed by atoms with Crippen molar-refractivity contribution < 1.29 is 4.42 Å². The highest BCUT2D eigenvalue weighted by Crippen LogP contribution is 2.54. The van der Waals surface area contributed by atoms with Crippen molar-refractivity contribution >= 4 is 60.5 Å². The molecular formula is C41H29NO. The molecule has 0 spiro atoms. The Bertz CT molecular complexity index is 2380. The fraction of sp³-hybridized carbons (Fsp3) is 0.0732. The van der Waals surface area contributed by atoms with Crippen LogP contribution in [0.4, 0.5) is 17.1 Å². The number of furan rings is 1. The van der Waals surface area contributed by atoms with Gasteiger partial charge in [0.2, 0.25) is 0 Å². The van der Waals surface area contributed by atoms with Gasteiger partial charge in [-0.15, -0.1) is 0 Å². The van der Waals surface area contributed by atoms with Gasteiger partial charge in [0.05, 0.1) is 5.69 Å². The largest absolute Gasteiger partial charge is 0.454 e. The molecule has 1 aliphatic rings. The molecule has 0 bridgehead atoms. The summed E-state index contributed by atoms with van der Waals surface area (Å²) in [5, 5.41) is 7.42. The summed E-state index contributed by atoms with van der Waals surface area (Å²) in [6, 6.07) is 50.3. The van der Waals surface area contributed by atoms with Crippen molar-refractivity contribution in [1.29, 1.82) is 0 Å². The van der Waals surface area contributed by atoms with Crippen LogP contribution in [0.25, 0.3) is 54.6 Å². The summed E-state index contributed by atoms with van der Waals surface area (Å²) >= 11 is 0. The fourth-order valence-electron chi connectivity index (χ4n) is 7.47. The lowest BCUT2D eigenvalue weighted by Gasteiger charge is -2.27. The third-order valence-corrected chi connectivity index (χ3v) is 9.40. The summed E-state index contributed by atoms with van der Waals surface area (Å²) in [7, 11) is 0. The first-order valence-corrected chi connectivity index (χ1v) is 14.9. The molecule has 0 saturated heterocycles. The van der Waals surface area contributed by atoms with Crippen molar-refractivity contribution in [2.75, 3.05) is 4.90 Å². The monoisotopic (exact) mass is 551 g/mol. The predicted octanol–water partition coefficient (Wildman–Crippen LogP) is 11.7. The van der Waals surface area contributed by atoms with Gasteiger partial charge in [0.1, 0.15) is 5.58 Å². The Balaban J connectivity index is 1.28. The Morgan fingerprint density at radius 2 is 1.28 bits per heavy atom. The molecule has 43 heavy (non-hydrogen) atoms. The maximum atomic E-state index is 6.51. The van der Waals surface area contributed by atoms with Gasteiger partial charge >= 0.3 is 0 Å². The first kappa shape index (κ1) is 24.3. The summed E-state index contributed by atoms with van der Waals surface area (Å²) in [5.41, 5.74) is 10.5. The fourth-order valence-corrected chi connectivity index (χ4v) is 7.47. The van der Waals surface area contributed by atoms with E-state index in [4.69, 9.17) is 4.42 Å². The standard InChI is InChI=1S/C41H29NO/c1-41(2)35-24-20-26-11-6-7-14-30(26)38(35)34-22-19-27-25-29(21-23-31(27)39(34)41)42(28-12-4-3-5-13-28)36-17-10-16-33-32-15-8-9-18-37(32)43-40(33)36/h3-25H,1-2H3. The van der Waals surface area contributed by atoms with Gasteiger partial charge in [-0.2, -0.15) is 0 Å². The lowest BCUT2D eigenvalue weighted by atomic mass is 9.80. The first-order valence-electron chi connectivity index (χ1n) is 14.9. The Morgan fingerprint density at radius 3 is 2.16 bits per heavy atom. The highest BCUT2D eigenvalue weighted by molar-refractivity contribution is 6.11. The molecule has 0 N–H and O–H groups in total. The molecule has 2 heteroatoms. The van der Waals surface area contributed by atoms with E-state index in [1.165, 1.54) is 43.8 Å². The van der Waals surface area contributed by atoms with Gasteiger partial charge in [-0.3, -0.25) is 0 Å². The van der Waals surface area contributed by atoms with Crippen LogP contribution in [-0.4, -0.2) is 0 Å². The van der Waals surface area contributed by atoms with Gasteiger partial charge in [0, 0.05) is 27.6 Å². The van der Waals surface area contributed by atoms with E-state index >= 15 is 0 Å². The molecule has 1 aliphatic carbocycles. The summed E-state index contributed by atoms with van der Waals surface area (Å²) in [4.78, 5) is 2.32. The molecule has 204 valence electrons. The number of para-hydroxylation sites is 3. The van der Waals surface area contributed by atoms with Crippen molar-refractivity contribution in [1.82, 2.24) is 0 Å². The van der Waals surface area contributed by atoms with E-state index in [0.29, 0.717) is 0 Å². The second-order valence-corrected chi connectivity index (χ2v) is 12.2. The maximum Gasteiger partial charge on any atom is 0.159 e. The van der Waals surface area contributed by atoms with Crippen LogP contribution in [0.15, 0.2) is 144 Å². The van der Waals surface area contributed by atoms with Gasteiger partial charge in [-0.25, -0.2) is 0 Å². The lowest BCUT2D eigenvalue weighted by molar-refractivity contribution is 0.667. The Hall–Kier alpha value is -5.34. The third kappa shape index (κ3) is 3.41. The normalized spacial score (nSPS) is 13.5. The number of benzene rings is 7. The van der Waals surface area contributed by atoms with E-state index in [1.807, 2.05) is 12.1 Å². The summed E-state index contributed by atoms with van der Waals surface area (Å²) in [5.74, 6) is 0. The molecule has 1 aromatic heterocycles. The molecule has 0 unspecified atom stereocenters. The van der Waals surface area contributed by atoms with Crippen molar-refractivity contribution in [2.24, 2.45) is 0 Å². The molecule has 0 amide bonds. The van der Waals surface area contributed by atoms with Gasteiger partial charge in [-0.05, 0) is 80.2 Å². The van der Waals surface area contributed by atoms with Crippen molar-refractivity contribution in [3.05, 3.63) is 151 Å². The lowest BCUT2D eigenvalue weighted by Crippen LogP contribution is -2.15. The van der Waals surface area contributed by atoms with Crippen molar-refractivity contribution in [3.8, 4) is 11.1 Å². The molecule has 0 radical (unpaired) electrons. The van der Waals surface area contributed by atoms with Crippen LogP contribution in [0.2, 0.25) is 0 Å². The average Bonchev–Trinajstić information content (AvgIpc) is 3.55. The van der Waals surface area contributed by atoms with Crippen LogP contribution in [0, 0.1) is 0 Å². The van der Waals surface area contributed by atoms with E-state index in [9.17, 15) is 0 Å². The predicted molar refractivity (Wildman–Crippen MR) is 181 cm³/mol. The van der Waals surface area contributed by atoms with E-state index in [1.54, 1.807) is 0 Å². The minimum atomic E-state index is -0.102. The highest BCUT2D eigenvalue weighted by Gasteiger charge is 2.37. The van der Waals surface area contributed by atoms with Gasteiger partial charge in [0.15, 0.2) is 5.58 Å². The van der Waals surface area contributed by atoms with Gasteiger partial charge in [-0.1, -0.05) is 117 Å². The van der Waals surface area contributed by atoms with E-state index in [0.717, 1.165) is 39.0 Å². The van der Waals surface area contributed by atoms with Crippen LogP contribution < -0.4 is 4.90 Å². The molecule has 2 nitrogen and oxygen atoms in total. The molecule has 0 saturated carbocycles. The smallest absolute Gasteiger partial charge is 0.159 e. The first-order chi connectivity index (χ1) is 21.1. The van der Waals surface area contributed by atoms with Gasteiger partial charge in [0.25, 0.3) is 0 Å². The van der Waals surface area contributed by atoms with Crippen molar-refractivity contribution in [2.45, 2.75) is 19.3 Å². The number of hydrogen-bond acceptors (Lipinski definition) is 2. The van der Waals surface area contributed by atoms with Crippen molar-refractivity contribution in [3.63, 3.8) is 0 Å². The zero-order valence-corrected chi connectivity index (χ0v) is 24.1. The topological polar surface area (TPSA) is 16.4 Å². The van der Waals surface area contributed by atoms with Crippen LogP contribution in [0.3, 0.4) is 0 Å². The molecule has 8 aromatic rings. The molecular weight excluding hydrogens is 522 g/mol. The number of anilines is 3. The minimum absolute atomic E-state index is 0.102. The second kappa shape index (κ2) is 8.83. The summed E-state index contributed by atoms with van der Waals surface area (Å²) < 4.78 is 6.51. The van der Waals surface area contributed by atoms with E-state index < -0.39 is 0 Å². The third-order valence-electron chi connectivity index (χ3n) is 9.40. The summed E-state index contributed by atoms with van der Waals surface area (Å²) in [6.07, 6.45) is 0. The number of hydrogen-bond donors (Lipinski definition) is 0. The Morgan fingerprint density at radius 1 is 0.535 bits per heavy atom. The Kier molecular flexibility index (Phi) is 4.99. The van der Waals surface area contributed by atoms with Crippen LogP contribution in [0.5, 0.6) is 0 Å². The van der Waals surface area contributed by atoms with Crippen LogP contribution in [-0.2, 0) is 5.41 Å². The average molecular weight is 552 g/mol. The molecule has 0 fully saturated rings. The zero-order chi connectivity index (χ0) is 28.7. The molecule has 1 heterocycles. The highest BCUT2D eigenvalue weighted by atomic mass is 16.3. The van der Waals surface area contributed by atoms with E-state index in [2.05, 4.69) is 146 Å². The summed E-state index contributed by atoms with van der Waals surface area (Å²) in [6.45, 7) is 4.75. The molecule has 7 aromatic carbocycles. The van der Waals surface area contributed by atoms with Crippen LogP contribution in [0.1, 0.15) is 25.0 Å². The molecule has 0 aliphatic heterocycles. The molecule has 9 rings (SSSR count). The van der Waals surface area contributed by atoms with E-state index in [-0.39, 0.29) is 5.41 Å². The van der Waals surface area contributed by atoms with Crippen LogP contribution >= 0.6 is 0 Å². The van der Waals surface area contributed by atoms with Gasteiger partial charge < -0.3 is 9.32 Å². The zero-order valence-electron chi connectivity index (χ0n) is 24.1. The number of rotatable bonds is 3. The second-order valence-electron chi connectivity index (χ2n) is 12.2. The molecule has 0 atom stereocenters. The minimum Gasteiger partial charge on any atom is -0.454 e. The SMILES string of the molecule is CC1(C)c2ccc3ccccc3c2-c2ccc3cc(N(c4ccccc4)c4cccc5c4oc4ccccc45)ccc3c21.